The van der Waals surface area contributed by atoms with Gasteiger partial charge in [-0.1, -0.05) is 0 Å². The standard InChI is InChI=1S/C14H15N5O5S/c1-23-10-5-9(20)4-3-8(10)6-15-12-11-13(17-7-16-11)19-14(18-12)24-25(2,21)22/h3-5,7,20H,6H2,1-2H3,(H2,15,16,17,18,19). The number of aromatic nitrogens is 4. The molecule has 0 spiro atoms. The van der Waals surface area contributed by atoms with Gasteiger partial charge in [-0.25, -0.2) is 4.98 Å². The number of anilines is 1. The van der Waals surface area contributed by atoms with Crippen LogP contribution in [0.3, 0.4) is 0 Å². The highest BCUT2D eigenvalue weighted by molar-refractivity contribution is 7.86. The van der Waals surface area contributed by atoms with Gasteiger partial charge in [-0.15, -0.1) is 0 Å². The number of nitrogens with one attached hydrogen (secondary N) is 2. The van der Waals surface area contributed by atoms with Crippen molar-refractivity contribution in [1.82, 2.24) is 19.9 Å². The number of H-pyrrole nitrogens is 1. The minimum atomic E-state index is -3.77. The van der Waals surface area contributed by atoms with E-state index >= 15 is 0 Å². The molecule has 3 aromatic rings. The largest absolute Gasteiger partial charge is 0.508 e. The molecular formula is C14H15N5O5S. The van der Waals surface area contributed by atoms with Gasteiger partial charge in [-0.05, 0) is 12.1 Å². The molecule has 0 bridgehead atoms. The number of nitrogens with zero attached hydrogens (tertiary/aromatic N) is 3. The Labute approximate surface area is 143 Å². The first-order valence-corrected chi connectivity index (χ1v) is 8.87. The van der Waals surface area contributed by atoms with E-state index in [-0.39, 0.29) is 17.4 Å². The molecule has 0 aliphatic carbocycles. The monoisotopic (exact) mass is 365 g/mol. The lowest BCUT2D eigenvalue weighted by Gasteiger charge is -2.11. The second-order valence-corrected chi connectivity index (χ2v) is 6.67. The Morgan fingerprint density at radius 2 is 2.12 bits per heavy atom. The summed E-state index contributed by atoms with van der Waals surface area (Å²) >= 11 is 0. The van der Waals surface area contributed by atoms with Gasteiger partial charge in [0.1, 0.15) is 17.0 Å². The SMILES string of the molecule is COc1cc(O)ccc1CNc1nc(OS(C)(=O)=O)nc2nc[nH]c12. The molecule has 0 radical (unpaired) electrons. The van der Waals surface area contributed by atoms with Gasteiger partial charge in [-0.2, -0.15) is 18.4 Å². The van der Waals surface area contributed by atoms with Gasteiger partial charge in [0.25, 0.3) is 0 Å². The lowest BCUT2D eigenvalue weighted by atomic mass is 10.2. The minimum absolute atomic E-state index is 0.0856. The quantitative estimate of drug-likeness (QED) is 0.546. The third-order valence-electron chi connectivity index (χ3n) is 3.21. The summed E-state index contributed by atoms with van der Waals surface area (Å²) in [6.07, 6.45) is 2.31. The smallest absolute Gasteiger partial charge is 0.337 e. The van der Waals surface area contributed by atoms with Crippen molar-refractivity contribution < 1.29 is 22.4 Å². The number of ether oxygens (including phenoxy) is 1. The number of hydrogen-bond donors (Lipinski definition) is 3. The summed E-state index contributed by atoms with van der Waals surface area (Å²) in [7, 11) is -2.27. The van der Waals surface area contributed by atoms with Crippen molar-refractivity contribution in [1.29, 1.82) is 0 Å². The molecule has 1 aromatic carbocycles. The molecule has 0 saturated carbocycles. The maximum absolute atomic E-state index is 11.3. The third kappa shape index (κ3) is 3.88. The maximum Gasteiger partial charge on any atom is 0.337 e. The van der Waals surface area contributed by atoms with Crippen molar-refractivity contribution in [3.05, 3.63) is 30.1 Å². The molecule has 0 fully saturated rings. The van der Waals surface area contributed by atoms with E-state index in [0.29, 0.717) is 23.6 Å². The summed E-state index contributed by atoms with van der Waals surface area (Å²) in [5, 5.41) is 12.6. The second-order valence-electron chi connectivity index (χ2n) is 5.09. The van der Waals surface area contributed by atoms with Gasteiger partial charge in [0, 0.05) is 18.2 Å². The van der Waals surface area contributed by atoms with E-state index in [2.05, 4.69) is 25.3 Å². The summed E-state index contributed by atoms with van der Waals surface area (Å²) in [6, 6.07) is 4.38. The highest BCUT2D eigenvalue weighted by Gasteiger charge is 2.15. The first-order valence-electron chi connectivity index (χ1n) is 7.06. The topological polar surface area (TPSA) is 139 Å². The Balaban J connectivity index is 1.91. The predicted octanol–water partition coefficient (Wildman–Crippen LogP) is 1.02. The number of hydrogen-bond acceptors (Lipinski definition) is 9. The zero-order valence-corrected chi connectivity index (χ0v) is 14.2. The van der Waals surface area contributed by atoms with Crippen LogP contribution >= 0.6 is 0 Å². The molecule has 3 N–H and O–H groups in total. The first kappa shape index (κ1) is 16.8. The van der Waals surface area contributed by atoms with Crippen LogP contribution in [0.25, 0.3) is 11.2 Å². The molecule has 2 heterocycles. The van der Waals surface area contributed by atoms with Crippen LogP contribution in [-0.4, -0.2) is 46.8 Å². The van der Waals surface area contributed by atoms with Gasteiger partial charge < -0.3 is 24.3 Å². The third-order valence-corrected chi connectivity index (χ3v) is 3.66. The fourth-order valence-corrected chi connectivity index (χ4v) is 2.52. The summed E-state index contributed by atoms with van der Waals surface area (Å²) in [4.78, 5) is 14.9. The molecule has 25 heavy (non-hydrogen) atoms. The lowest BCUT2D eigenvalue weighted by molar-refractivity contribution is 0.403. The zero-order valence-electron chi connectivity index (χ0n) is 13.3. The van der Waals surface area contributed by atoms with E-state index in [4.69, 9.17) is 8.92 Å². The predicted molar refractivity (Wildman–Crippen MR) is 89.1 cm³/mol. The number of phenols is 1. The molecule has 10 nitrogen and oxygen atoms in total. The van der Waals surface area contributed by atoms with Crippen molar-refractivity contribution in [3.63, 3.8) is 0 Å². The van der Waals surface area contributed by atoms with Crippen LogP contribution in [0.5, 0.6) is 17.5 Å². The number of aromatic amines is 1. The van der Waals surface area contributed by atoms with Crippen LogP contribution < -0.4 is 14.2 Å². The molecule has 3 rings (SSSR count). The zero-order chi connectivity index (χ0) is 18.0. The van der Waals surface area contributed by atoms with Crippen molar-refractivity contribution in [2.45, 2.75) is 6.54 Å². The number of methoxy groups -OCH3 is 1. The number of rotatable bonds is 6. The molecule has 0 amide bonds. The Kier molecular flexibility index (Phi) is 4.31. The summed E-state index contributed by atoms with van der Waals surface area (Å²) < 4.78 is 32.5. The van der Waals surface area contributed by atoms with Gasteiger partial charge >= 0.3 is 16.1 Å². The molecule has 0 saturated heterocycles. The molecule has 0 aliphatic rings. The van der Waals surface area contributed by atoms with E-state index in [9.17, 15) is 13.5 Å². The average molecular weight is 365 g/mol. The summed E-state index contributed by atoms with van der Waals surface area (Å²) in [5.74, 6) is 0.897. The first-order chi connectivity index (χ1) is 11.9. The summed E-state index contributed by atoms with van der Waals surface area (Å²) in [6.45, 7) is 0.299. The lowest BCUT2D eigenvalue weighted by Crippen LogP contribution is -2.10. The molecular weight excluding hydrogens is 350 g/mol. The number of benzene rings is 1. The van der Waals surface area contributed by atoms with Crippen molar-refractivity contribution >= 4 is 27.1 Å². The number of fused-ring (bicyclic) bond motifs is 1. The van der Waals surface area contributed by atoms with E-state index < -0.39 is 10.1 Å². The number of phenolic OH excluding ortho intramolecular Hbond substituents is 1. The molecule has 0 aliphatic heterocycles. The minimum Gasteiger partial charge on any atom is -0.508 e. The number of imidazole rings is 1. The molecule has 0 atom stereocenters. The van der Waals surface area contributed by atoms with Crippen molar-refractivity contribution in [2.24, 2.45) is 0 Å². The molecule has 132 valence electrons. The van der Waals surface area contributed by atoms with E-state index in [0.717, 1.165) is 11.8 Å². The fourth-order valence-electron chi connectivity index (χ4n) is 2.17. The Bertz CT molecular complexity index is 1020. The highest BCUT2D eigenvalue weighted by Crippen LogP contribution is 2.26. The maximum atomic E-state index is 11.3. The van der Waals surface area contributed by atoms with E-state index in [1.807, 2.05) is 0 Å². The molecule has 0 unspecified atom stereocenters. The molecule has 11 heteroatoms. The van der Waals surface area contributed by atoms with Crippen LogP contribution in [0.2, 0.25) is 0 Å². The van der Waals surface area contributed by atoms with Crippen molar-refractivity contribution in [3.8, 4) is 17.5 Å². The Morgan fingerprint density at radius 3 is 2.84 bits per heavy atom. The Hall–Kier alpha value is -3.08. The van der Waals surface area contributed by atoms with Crippen LogP contribution in [0.15, 0.2) is 24.5 Å². The van der Waals surface area contributed by atoms with Crippen LogP contribution in [0, 0.1) is 0 Å². The number of aromatic hydroxyl groups is 1. The average Bonchev–Trinajstić information content (AvgIpc) is 3.00. The van der Waals surface area contributed by atoms with Gasteiger partial charge in [-0.3, -0.25) is 0 Å². The van der Waals surface area contributed by atoms with E-state index in [1.165, 1.54) is 25.6 Å². The van der Waals surface area contributed by atoms with Crippen LogP contribution in [-0.2, 0) is 16.7 Å². The fraction of sp³-hybridized carbons (Fsp3) is 0.214. The highest BCUT2D eigenvalue weighted by atomic mass is 32.2. The second kappa shape index (κ2) is 6.43. The molecule has 2 aromatic heterocycles. The van der Waals surface area contributed by atoms with Crippen molar-refractivity contribution in [2.75, 3.05) is 18.7 Å². The van der Waals surface area contributed by atoms with E-state index in [1.54, 1.807) is 6.07 Å². The van der Waals surface area contributed by atoms with Gasteiger partial charge in [0.2, 0.25) is 0 Å². The van der Waals surface area contributed by atoms with Gasteiger partial charge in [0.05, 0.1) is 19.7 Å². The van der Waals surface area contributed by atoms with Crippen LogP contribution in [0.4, 0.5) is 5.82 Å². The normalized spacial score (nSPS) is 11.4. The summed E-state index contributed by atoms with van der Waals surface area (Å²) in [5.41, 5.74) is 1.52. The van der Waals surface area contributed by atoms with Gasteiger partial charge in [0.15, 0.2) is 11.5 Å². The Morgan fingerprint density at radius 1 is 1.32 bits per heavy atom. The van der Waals surface area contributed by atoms with Crippen LogP contribution in [0.1, 0.15) is 5.56 Å².